The van der Waals surface area contributed by atoms with Gasteiger partial charge in [-0.1, -0.05) is 18.5 Å². The van der Waals surface area contributed by atoms with Crippen molar-refractivity contribution in [3.05, 3.63) is 16.5 Å². The average Bonchev–Trinajstić information content (AvgIpc) is 2.18. The fourth-order valence-electron chi connectivity index (χ4n) is 1.19. The fourth-order valence-corrected chi connectivity index (χ4v) is 1.47. The van der Waals surface area contributed by atoms with Crippen LogP contribution in [0, 0.1) is 0 Å². The maximum Gasteiger partial charge on any atom is 0.224 e. The quantitative estimate of drug-likeness (QED) is 0.805. The molecule has 1 rings (SSSR count). The van der Waals surface area contributed by atoms with E-state index in [2.05, 4.69) is 15.3 Å². The summed E-state index contributed by atoms with van der Waals surface area (Å²) in [6, 6.07) is -0.103. The molecule has 0 spiro atoms. The van der Waals surface area contributed by atoms with Crippen molar-refractivity contribution in [2.75, 3.05) is 5.32 Å². The highest BCUT2D eigenvalue weighted by atomic mass is 35.5. The Hall–Kier alpha value is -0.580. The molecule has 2 N–H and O–H groups in total. The molecule has 0 fully saturated rings. The molecule has 1 aromatic rings. The number of nitrogens with one attached hydrogen (secondary N) is 1. The van der Waals surface area contributed by atoms with Crippen molar-refractivity contribution in [1.82, 2.24) is 9.97 Å². The van der Waals surface area contributed by atoms with Crippen molar-refractivity contribution < 1.29 is 5.11 Å². The molecule has 2 unspecified atom stereocenters. The zero-order chi connectivity index (χ0) is 11.4. The molecule has 0 aromatic carbocycles. The molecule has 2 atom stereocenters. The molecule has 1 heterocycles. The van der Waals surface area contributed by atoms with Crippen LogP contribution in [0.15, 0.2) is 6.20 Å². The Morgan fingerprint density at radius 2 is 2.20 bits per heavy atom. The van der Waals surface area contributed by atoms with Gasteiger partial charge in [-0.15, -0.1) is 0 Å². The van der Waals surface area contributed by atoms with Gasteiger partial charge >= 0.3 is 0 Å². The summed E-state index contributed by atoms with van der Waals surface area (Å²) in [6.07, 6.45) is 1.70. The molecule has 4 nitrogen and oxygen atoms in total. The van der Waals surface area contributed by atoms with Gasteiger partial charge in [-0.05, 0) is 24.9 Å². The molecule has 84 valence electrons. The third-order valence-electron chi connectivity index (χ3n) is 2.06. The predicted octanol–water partition coefficient (Wildman–Crippen LogP) is 2.35. The average molecular weight is 250 g/mol. The van der Waals surface area contributed by atoms with Crippen molar-refractivity contribution in [2.45, 2.75) is 32.4 Å². The summed E-state index contributed by atoms with van der Waals surface area (Å²) in [4.78, 5) is 7.68. The topological polar surface area (TPSA) is 58.0 Å². The Morgan fingerprint density at radius 1 is 1.53 bits per heavy atom. The molecule has 0 aliphatic carbocycles. The first-order chi connectivity index (χ1) is 7.04. The van der Waals surface area contributed by atoms with Gasteiger partial charge in [0.15, 0.2) is 0 Å². The van der Waals surface area contributed by atoms with Crippen molar-refractivity contribution >= 4 is 29.0 Å². The lowest BCUT2D eigenvalue weighted by Gasteiger charge is -2.20. The lowest BCUT2D eigenvalue weighted by atomic mass is 10.1. The van der Waals surface area contributed by atoms with Crippen LogP contribution in [0.4, 0.5) is 5.82 Å². The second kappa shape index (κ2) is 5.49. The predicted molar refractivity (Wildman–Crippen MR) is 61.4 cm³/mol. The highest BCUT2D eigenvalue weighted by Gasteiger charge is 2.14. The molecule has 0 radical (unpaired) electrons. The van der Waals surface area contributed by atoms with Crippen LogP contribution in [0.3, 0.4) is 0 Å². The lowest BCUT2D eigenvalue weighted by Crippen LogP contribution is -2.31. The first kappa shape index (κ1) is 12.5. The third kappa shape index (κ3) is 3.48. The highest BCUT2D eigenvalue weighted by Crippen LogP contribution is 2.21. The van der Waals surface area contributed by atoms with Gasteiger partial charge < -0.3 is 10.4 Å². The molecule has 15 heavy (non-hydrogen) atoms. The standard InChI is InChI=1S/C9H13Cl2N3O/c1-3-7(5(2)15)13-8-6(10)4-12-9(11)14-8/h4-5,7,15H,3H2,1-2H3,(H,12,13,14). The van der Waals surface area contributed by atoms with E-state index >= 15 is 0 Å². The van der Waals surface area contributed by atoms with Gasteiger partial charge in [0.25, 0.3) is 0 Å². The van der Waals surface area contributed by atoms with Crippen molar-refractivity contribution in [3.8, 4) is 0 Å². The van der Waals surface area contributed by atoms with E-state index in [0.717, 1.165) is 6.42 Å². The molecule has 0 bridgehead atoms. The number of rotatable bonds is 4. The van der Waals surface area contributed by atoms with E-state index in [4.69, 9.17) is 23.2 Å². The molecule has 6 heteroatoms. The smallest absolute Gasteiger partial charge is 0.224 e. The van der Waals surface area contributed by atoms with Gasteiger partial charge in [-0.3, -0.25) is 0 Å². The van der Waals surface area contributed by atoms with E-state index in [1.165, 1.54) is 6.20 Å². The minimum absolute atomic E-state index is 0.103. The van der Waals surface area contributed by atoms with Crippen LogP contribution in [-0.2, 0) is 0 Å². The summed E-state index contributed by atoms with van der Waals surface area (Å²) in [5, 5.41) is 13.0. The van der Waals surface area contributed by atoms with Gasteiger partial charge in [-0.25, -0.2) is 4.98 Å². The zero-order valence-corrected chi connectivity index (χ0v) is 10.0. The van der Waals surface area contributed by atoms with Crippen LogP contribution >= 0.6 is 23.2 Å². The van der Waals surface area contributed by atoms with Gasteiger partial charge in [-0.2, -0.15) is 4.98 Å². The molecule has 0 aliphatic heterocycles. The number of aliphatic hydroxyl groups excluding tert-OH is 1. The third-order valence-corrected chi connectivity index (χ3v) is 2.52. The minimum atomic E-state index is -0.486. The van der Waals surface area contributed by atoms with E-state index < -0.39 is 6.10 Å². The van der Waals surface area contributed by atoms with E-state index in [-0.39, 0.29) is 11.3 Å². The van der Waals surface area contributed by atoms with Crippen molar-refractivity contribution in [1.29, 1.82) is 0 Å². The summed E-state index contributed by atoms with van der Waals surface area (Å²) < 4.78 is 0. The van der Waals surface area contributed by atoms with Gasteiger partial charge in [0.2, 0.25) is 5.28 Å². The molecular weight excluding hydrogens is 237 g/mol. The molecular formula is C9H13Cl2N3O. The van der Waals surface area contributed by atoms with Crippen molar-refractivity contribution in [2.24, 2.45) is 0 Å². The Morgan fingerprint density at radius 3 is 2.73 bits per heavy atom. The van der Waals surface area contributed by atoms with Crippen LogP contribution in [-0.4, -0.2) is 27.2 Å². The number of halogens is 2. The highest BCUT2D eigenvalue weighted by molar-refractivity contribution is 6.33. The number of aliphatic hydroxyl groups is 1. The summed E-state index contributed by atoms with van der Waals surface area (Å²) in [7, 11) is 0. The maximum atomic E-state index is 9.45. The number of hydrogen-bond donors (Lipinski definition) is 2. The van der Waals surface area contributed by atoms with E-state index in [0.29, 0.717) is 10.8 Å². The molecule has 0 saturated heterocycles. The Labute approximate surface area is 98.6 Å². The first-order valence-corrected chi connectivity index (χ1v) is 5.42. The minimum Gasteiger partial charge on any atom is -0.391 e. The van der Waals surface area contributed by atoms with Gasteiger partial charge in [0, 0.05) is 0 Å². The SMILES string of the molecule is CCC(Nc1nc(Cl)ncc1Cl)C(C)O. The zero-order valence-electron chi connectivity index (χ0n) is 8.54. The van der Waals surface area contributed by atoms with Crippen LogP contribution in [0.25, 0.3) is 0 Å². The first-order valence-electron chi connectivity index (χ1n) is 4.67. The van der Waals surface area contributed by atoms with Crippen molar-refractivity contribution in [3.63, 3.8) is 0 Å². The number of hydrogen-bond acceptors (Lipinski definition) is 4. The number of nitrogens with zero attached hydrogens (tertiary/aromatic N) is 2. The largest absolute Gasteiger partial charge is 0.391 e. The molecule has 1 aromatic heterocycles. The summed E-state index contributed by atoms with van der Waals surface area (Å²) in [6.45, 7) is 3.67. The Bertz CT molecular complexity index is 333. The second-order valence-electron chi connectivity index (χ2n) is 3.24. The van der Waals surface area contributed by atoms with Crippen LogP contribution in [0.5, 0.6) is 0 Å². The van der Waals surface area contributed by atoms with Gasteiger partial charge in [0.05, 0.1) is 18.3 Å². The van der Waals surface area contributed by atoms with E-state index in [1.807, 2.05) is 6.92 Å². The van der Waals surface area contributed by atoms with Crippen LogP contribution in [0.1, 0.15) is 20.3 Å². The monoisotopic (exact) mass is 249 g/mol. The normalized spacial score (nSPS) is 14.7. The number of anilines is 1. The number of aromatic nitrogens is 2. The lowest BCUT2D eigenvalue weighted by molar-refractivity contribution is 0.169. The summed E-state index contributed by atoms with van der Waals surface area (Å²) >= 11 is 11.5. The second-order valence-corrected chi connectivity index (χ2v) is 3.98. The molecule has 0 amide bonds. The van der Waals surface area contributed by atoms with Crippen LogP contribution in [0.2, 0.25) is 10.3 Å². The summed E-state index contributed by atoms with van der Waals surface area (Å²) in [5.74, 6) is 0.449. The Balaban J connectivity index is 2.82. The van der Waals surface area contributed by atoms with E-state index in [1.54, 1.807) is 6.92 Å². The van der Waals surface area contributed by atoms with E-state index in [9.17, 15) is 5.11 Å². The summed E-state index contributed by atoms with van der Waals surface area (Å²) in [5.41, 5.74) is 0. The molecule has 0 saturated carbocycles. The van der Waals surface area contributed by atoms with Crippen LogP contribution < -0.4 is 5.32 Å². The molecule has 0 aliphatic rings. The Kier molecular flexibility index (Phi) is 4.57. The fraction of sp³-hybridized carbons (Fsp3) is 0.556. The maximum absolute atomic E-state index is 9.45. The van der Waals surface area contributed by atoms with Gasteiger partial charge in [0.1, 0.15) is 10.8 Å².